The second-order valence-corrected chi connectivity index (χ2v) is 5.18. The first-order chi connectivity index (χ1) is 8.06. The lowest BCUT2D eigenvalue weighted by atomic mass is 10.3. The van der Waals surface area contributed by atoms with Crippen molar-refractivity contribution < 1.29 is 4.79 Å². The number of thiazole rings is 1. The second-order valence-electron chi connectivity index (χ2n) is 3.24. The molecule has 2 rings (SSSR count). The summed E-state index contributed by atoms with van der Waals surface area (Å²) in [7, 11) is 0. The van der Waals surface area contributed by atoms with E-state index in [-0.39, 0.29) is 11.9 Å². The minimum atomic E-state index is -0.292. The molecule has 1 unspecified atom stereocenters. The first-order valence-corrected chi connectivity index (χ1v) is 6.36. The van der Waals surface area contributed by atoms with Crippen LogP contribution in [0.2, 0.25) is 0 Å². The van der Waals surface area contributed by atoms with Gasteiger partial charge in [0.1, 0.15) is 10.7 Å². The molecular weight excluding hydrogens is 260 g/mol. The van der Waals surface area contributed by atoms with E-state index < -0.39 is 0 Å². The maximum Gasteiger partial charge on any atom is 0.271 e. The highest BCUT2D eigenvalue weighted by molar-refractivity contribution is 7.15. The van der Waals surface area contributed by atoms with E-state index >= 15 is 0 Å². The Morgan fingerprint density at radius 2 is 2.18 bits per heavy atom. The molecule has 0 aliphatic carbocycles. The molecule has 90 valence electrons. The van der Waals surface area contributed by atoms with E-state index in [1.807, 2.05) is 0 Å². The molecule has 0 aliphatic rings. The molecule has 2 aromatic rings. The van der Waals surface area contributed by atoms with Crippen molar-refractivity contribution in [2.45, 2.75) is 13.0 Å². The van der Waals surface area contributed by atoms with Crippen LogP contribution in [0.15, 0.2) is 5.38 Å². The molecule has 2 aromatic heterocycles. The van der Waals surface area contributed by atoms with E-state index in [0.717, 1.165) is 0 Å². The second kappa shape index (κ2) is 4.63. The van der Waals surface area contributed by atoms with E-state index in [9.17, 15) is 4.79 Å². The van der Waals surface area contributed by atoms with Crippen molar-refractivity contribution in [1.29, 1.82) is 0 Å². The van der Waals surface area contributed by atoms with Crippen LogP contribution >= 0.6 is 22.7 Å². The van der Waals surface area contributed by atoms with Crippen molar-refractivity contribution in [1.82, 2.24) is 20.5 Å². The van der Waals surface area contributed by atoms with Crippen LogP contribution in [0.1, 0.15) is 28.5 Å². The molecule has 17 heavy (non-hydrogen) atoms. The Morgan fingerprint density at radius 3 is 2.71 bits per heavy atom. The van der Waals surface area contributed by atoms with Gasteiger partial charge in [-0.2, -0.15) is 0 Å². The van der Waals surface area contributed by atoms with Gasteiger partial charge in [0.05, 0.1) is 6.04 Å². The zero-order chi connectivity index (χ0) is 12.4. The Labute approximate surface area is 105 Å². The molecule has 0 radical (unpaired) electrons. The lowest BCUT2D eigenvalue weighted by Gasteiger charge is -2.08. The molecule has 0 aromatic carbocycles. The van der Waals surface area contributed by atoms with Gasteiger partial charge in [-0.1, -0.05) is 11.3 Å². The molecular formula is C8H10N6OS2. The molecule has 0 bridgehead atoms. The van der Waals surface area contributed by atoms with Crippen LogP contribution in [0.3, 0.4) is 0 Å². The molecule has 2 heterocycles. The van der Waals surface area contributed by atoms with E-state index in [1.165, 1.54) is 22.7 Å². The summed E-state index contributed by atoms with van der Waals surface area (Å²) >= 11 is 2.46. The molecule has 0 aliphatic heterocycles. The van der Waals surface area contributed by atoms with Gasteiger partial charge in [-0.25, -0.2) is 4.98 Å². The van der Waals surface area contributed by atoms with Gasteiger partial charge in [-0.05, 0) is 6.92 Å². The number of nitrogens with one attached hydrogen (secondary N) is 1. The minimum Gasteiger partial charge on any atom is -0.375 e. The van der Waals surface area contributed by atoms with E-state index in [4.69, 9.17) is 11.5 Å². The third kappa shape index (κ3) is 2.68. The van der Waals surface area contributed by atoms with Gasteiger partial charge < -0.3 is 16.8 Å². The van der Waals surface area contributed by atoms with Crippen LogP contribution in [-0.2, 0) is 0 Å². The van der Waals surface area contributed by atoms with Gasteiger partial charge in [0.15, 0.2) is 5.13 Å². The Kier molecular flexibility index (Phi) is 3.20. The van der Waals surface area contributed by atoms with E-state index in [1.54, 1.807) is 12.3 Å². The number of hydrogen-bond acceptors (Lipinski definition) is 8. The van der Waals surface area contributed by atoms with Crippen molar-refractivity contribution in [3.63, 3.8) is 0 Å². The molecule has 1 atom stereocenters. The number of hydrogen-bond donors (Lipinski definition) is 3. The lowest BCUT2D eigenvalue weighted by molar-refractivity contribution is 0.0935. The number of anilines is 2. The predicted molar refractivity (Wildman–Crippen MR) is 66.7 cm³/mol. The van der Waals surface area contributed by atoms with Crippen LogP contribution in [-0.4, -0.2) is 21.1 Å². The first-order valence-electron chi connectivity index (χ1n) is 4.67. The number of amides is 1. The summed E-state index contributed by atoms with van der Waals surface area (Å²) in [4.78, 5) is 15.6. The Balaban J connectivity index is 2.04. The van der Waals surface area contributed by atoms with Gasteiger partial charge in [0.2, 0.25) is 5.13 Å². The Bertz CT molecular complexity index is 536. The monoisotopic (exact) mass is 270 g/mol. The molecule has 0 saturated heterocycles. The van der Waals surface area contributed by atoms with Crippen molar-refractivity contribution in [3.05, 3.63) is 16.1 Å². The van der Waals surface area contributed by atoms with Gasteiger partial charge in [-0.3, -0.25) is 4.79 Å². The minimum absolute atomic E-state index is 0.264. The summed E-state index contributed by atoms with van der Waals surface area (Å²) in [6.07, 6.45) is 0. The maximum atomic E-state index is 11.8. The topological polar surface area (TPSA) is 120 Å². The molecule has 0 saturated carbocycles. The predicted octanol–water partition coefficient (Wildman–Crippen LogP) is 0.650. The summed E-state index contributed by atoms with van der Waals surface area (Å²) in [6.45, 7) is 1.80. The summed E-state index contributed by atoms with van der Waals surface area (Å²) < 4.78 is 0. The van der Waals surface area contributed by atoms with Gasteiger partial charge in [0, 0.05) is 5.38 Å². The highest BCUT2D eigenvalue weighted by Gasteiger charge is 2.16. The molecule has 9 heteroatoms. The highest BCUT2D eigenvalue weighted by Crippen LogP contribution is 2.19. The van der Waals surface area contributed by atoms with Crippen molar-refractivity contribution in [2.24, 2.45) is 0 Å². The van der Waals surface area contributed by atoms with Gasteiger partial charge >= 0.3 is 0 Å². The number of carbonyl (C=O) groups is 1. The number of nitrogens with two attached hydrogens (primary N) is 2. The molecule has 1 amide bonds. The van der Waals surface area contributed by atoms with Crippen LogP contribution < -0.4 is 16.8 Å². The fourth-order valence-electron chi connectivity index (χ4n) is 1.15. The van der Waals surface area contributed by atoms with Gasteiger partial charge in [-0.15, -0.1) is 21.5 Å². The standard InChI is InChI=1S/C8H10N6OS2/c1-3(6-13-14-8(10)17-6)11-5(15)4-2-16-7(9)12-4/h2-3H,1H3,(H2,9,12)(H2,10,14)(H,11,15). The number of nitrogen functional groups attached to an aromatic ring is 2. The number of aromatic nitrogens is 3. The average molecular weight is 270 g/mol. The fourth-order valence-corrected chi connectivity index (χ4v) is 2.30. The van der Waals surface area contributed by atoms with E-state index in [0.29, 0.717) is 21.0 Å². The number of nitrogens with zero attached hydrogens (tertiary/aromatic N) is 3. The molecule has 7 nitrogen and oxygen atoms in total. The average Bonchev–Trinajstić information content (AvgIpc) is 2.87. The normalized spacial score (nSPS) is 12.3. The Hall–Kier alpha value is -1.74. The number of rotatable bonds is 3. The Morgan fingerprint density at radius 1 is 1.41 bits per heavy atom. The zero-order valence-corrected chi connectivity index (χ0v) is 10.5. The maximum absolute atomic E-state index is 11.8. The third-order valence-electron chi connectivity index (χ3n) is 1.93. The quantitative estimate of drug-likeness (QED) is 0.753. The van der Waals surface area contributed by atoms with Crippen LogP contribution in [0.5, 0.6) is 0 Å². The number of carbonyl (C=O) groups excluding carboxylic acids is 1. The van der Waals surface area contributed by atoms with Crippen molar-refractivity contribution in [2.75, 3.05) is 11.5 Å². The van der Waals surface area contributed by atoms with E-state index in [2.05, 4.69) is 20.5 Å². The smallest absolute Gasteiger partial charge is 0.271 e. The fraction of sp³-hybridized carbons (Fsp3) is 0.250. The van der Waals surface area contributed by atoms with Crippen LogP contribution in [0, 0.1) is 0 Å². The van der Waals surface area contributed by atoms with Crippen LogP contribution in [0.4, 0.5) is 10.3 Å². The highest BCUT2D eigenvalue weighted by atomic mass is 32.1. The largest absolute Gasteiger partial charge is 0.375 e. The van der Waals surface area contributed by atoms with Crippen LogP contribution in [0.25, 0.3) is 0 Å². The molecule has 5 N–H and O–H groups in total. The summed E-state index contributed by atoms with van der Waals surface area (Å²) in [5, 5.41) is 13.3. The zero-order valence-electron chi connectivity index (χ0n) is 8.88. The third-order valence-corrected chi connectivity index (χ3v) is 3.54. The summed E-state index contributed by atoms with van der Waals surface area (Å²) in [6, 6.07) is -0.264. The SMILES string of the molecule is CC(NC(=O)c1csc(N)n1)c1nnc(N)s1. The van der Waals surface area contributed by atoms with Crippen molar-refractivity contribution >= 4 is 38.8 Å². The van der Waals surface area contributed by atoms with Gasteiger partial charge in [0.25, 0.3) is 5.91 Å². The summed E-state index contributed by atoms with van der Waals surface area (Å²) in [5.41, 5.74) is 11.2. The molecule has 0 spiro atoms. The van der Waals surface area contributed by atoms with Crippen molar-refractivity contribution in [3.8, 4) is 0 Å². The first kappa shape index (κ1) is 11.7. The summed E-state index contributed by atoms with van der Waals surface area (Å²) in [5.74, 6) is -0.292. The lowest BCUT2D eigenvalue weighted by Crippen LogP contribution is -2.26. The molecule has 0 fully saturated rings.